The highest BCUT2D eigenvalue weighted by Gasteiger charge is 2.10. The van der Waals surface area contributed by atoms with Gasteiger partial charge in [0.05, 0.1) is 10.0 Å². The summed E-state index contributed by atoms with van der Waals surface area (Å²) < 4.78 is 12.9. The summed E-state index contributed by atoms with van der Waals surface area (Å²) in [5, 5.41) is 1.11. The molecule has 0 aliphatic carbocycles. The highest BCUT2D eigenvalue weighted by molar-refractivity contribution is 6.42. The molecule has 1 nitrogen and oxygen atoms in total. The third-order valence-corrected chi connectivity index (χ3v) is 4.02. The Kier molecular flexibility index (Phi) is 5.41. The van der Waals surface area contributed by atoms with Crippen LogP contribution in [0.2, 0.25) is 10.0 Å². The van der Waals surface area contributed by atoms with Crippen molar-refractivity contribution in [1.82, 2.24) is 0 Å². The van der Waals surface area contributed by atoms with Gasteiger partial charge in [-0.25, -0.2) is 4.39 Å². The summed E-state index contributed by atoms with van der Waals surface area (Å²) in [5.41, 5.74) is 8.03. The highest BCUT2D eigenvalue weighted by Crippen LogP contribution is 2.24. The van der Waals surface area contributed by atoms with E-state index in [0.29, 0.717) is 16.6 Å². The van der Waals surface area contributed by atoms with Gasteiger partial charge in [-0.05, 0) is 60.7 Å². The average molecular weight is 312 g/mol. The van der Waals surface area contributed by atoms with Gasteiger partial charge < -0.3 is 5.73 Å². The summed E-state index contributed by atoms with van der Waals surface area (Å²) in [4.78, 5) is 0. The molecule has 0 spiro atoms. The van der Waals surface area contributed by atoms with E-state index < -0.39 is 0 Å². The van der Waals surface area contributed by atoms with Gasteiger partial charge in [0.15, 0.2) is 0 Å². The molecule has 0 aromatic heterocycles. The molecule has 0 heterocycles. The predicted molar refractivity (Wildman–Crippen MR) is 82.8 cm³/mol. The van der Waals surface area contributed by atoms with Gasteiger partial charge in [0.25, 0.3) is 0 Å². The number of benzene rings is 2. The average Bonchev–Trinajstić information content (AvgIpc) is 2.44. The minimum absolute atomic E-state index is 0.220. The number of halogens is 3. The van der Waals surface area contributed by atoms with Gasteiger partial charge >= 0.3 is 0 Å². The third kappa shape index (κ3) is 4.20. The monoisotopic (exact) mass is 311 g/mol. The van der Waals surface area contributed by atoms with Crippen LogP contribution in [0.4, 0.5) is 4.39 Å². The summed E-state index contributed by atoms with van der Waals surface area (Å²) in [5.74, 6) is 0.0697. The van der Waals surface area contributed by atoms with Gasteiger partial charge in [-0.2, -0.15) is 0 Å². The van der Waals surface area contributed by atoms with Crippen LogP contribution in [-0.2, 0) is 12.8 Å². The summed E-state index contributed by atoms with van der Waals surface area (Å²) in [7, 11) is 0. The second kappa shape index (κ2) is 7.07. The van der Waals surface area contributed by atoms with Gasteiger partial charge in [-0.1, -0.05) is 41.4 Å². The summed E-state index contributed by atoms with van der Waals surface area (Å²) in [6, 6.07) is 12.2. The van der Waals surface area contributed by atoms with Crippen LogP contribution in [0.3, 0.4) is 0 Å². The van der Waals surface area contributed by atoms with Crippen LogP contribution in [0.15, 0.2) is 42.5 Å². The Hall–Kier alpha value is -1.09. The smallest absolute Gasteiger partial charge is 0.123 e. The van der Waals surface area contributed by atoms with E-state index in [1.165, 1.54) is 12.1 Å². The molecule has 1 unspecified atom stereocenters. The topological polar surface area (TPSA) is 26.0 Å². The molecule has 0 saturated carbocycles. The lowest BCUT2D eigenvalue weighted by Crippen LogP contribution is -2.19. The Morgan fingerprint density at radius 1 is 0.900 bits per heavy atom. The lowest BCUT2D eigenvalue weighted by atomic mass is 9.93. The summed E-state index contributed by atoms with van der Waals surface area (Å²) >= 11 is 11.9. The van der Waals surface area contributed by atoms with Crippen LogP contribution in [-0.4, -0.2) is 6.54 Å². The van der Waals surface area contributed by atoms with Crippen molar-refractivity contribution in [3.05, 3.63) is 69.5 Å². The van der Waals surface area contributed by atoms with Crippen molar-refractivity contribution in [1.29, 1.82) is 0 Å². The van der Waals surface area contributed by atoms with Crippen molar-refractivity contribution in [2.75, 3.05) is 6.54 Å². The fourth-order valence-corrected chi connectivity index (χ4v) is 2.51. The zero-order valence-electron chi connectivity index (χ0n) is 11.0. The Morgan fingerprint density at radius 3 is 2.10 bits per heavy atom. The fourth-order valence-electron chi connectivity index (χ4n) is 2.19. The van der Waals surface area contributed by atoms with Gasteiger partial charge in [0.1, 0.15) is 5.82 Å². The molecule has 4 heteroatoms. The molecule has 0 amide bonds. The van der Waals surface area contributed by atoms with Crippen molar-refractivity contribution in [2.45, 2.75) is 12.8 Å². The first-order valence-electron chi connectivity index (χ1n) is 6.47. The van der Waals surface area contributed by atoms with E-state index >= 15 is 0 Å². The van der Waals surface area contributed by atoms with Crippen molar-refractivity contribution in [3.8, 4) is 0 Å². The Morgan fingerprint density at radius 2 is 1.50 bits per heavy atom. The second-order valence-corrected chi connectivity index (χ2v) is 5.70. The van der Waals surface area contributed by atoms with Gasteiger partial charge in [-0.3, -0.25) is 0 Å². The predicted octanol–water partition coefficient (Wildman–Crippen LogP) is 4.49. The summed E-state index contributed by atoms with van der Waals surface area (Å²) in [6.45, 7) is 0.567. The molecule has 2 aromatic rings. The van der Waals surface area contributed by atoms with Gasteiger partial charge in [0.2, 0.25) is 0 Å². The molecule has 0 aliphatic heterocycles. The molecule has 1 atom stereocenters. The molecule has 0 aliphatic rings. The van der Waals surface area contributed by atoms with Crippen molar-refractivity contribution < 1.29 is 4.39 Å². The summed E-state index contributed by atoms with van der Waals surface area (Å²) in [6.07, 6.45) is 1.64. The van der Waals surface area contributed by atoms with Crippen LogP contribution in [0.25, 0.3) is 0 Å². The molecule has 2 N–H and O–H groups in total. The maximum absolute atomic E-state index is 12.9. The number of rotatable bonds is 5. The molecule has 0 radical (unpaired) electrons. The Bertz CT molecular complexity index is 569. The molecule has 0 saturated heterocycles. The van der Waals surface area contributed by atoms with Crippen LogP contribution in [0, 0.1) is 11.7 Å². The third-order valence-electron chi connectivity index (χ3n) is 3.28. The minimum atomic E-state index is -0.220. The minimum Gasteiger partial charge on any atom is -0.330 e. The van der Waals surface area contributed by atoms with Gasteiger partial charge in [-0.15, -0.1) is 0 Å². The SMILES string of the molecule is NCC(Cc1ccc(F)cc1)Cc1ccc(Cl)c(Cl)c1. The fraction of sp³-hybridized carbons (Fsp3) is 0.250. The largest absolute Gasteiger partial charge is 0.330 e. The molecule has 2 aromatic carbocycles. The first-order chi connectivity index (χ1) is 9.58. The first kappa shape index (κ1) is 15.3. The second-order valence-electron chi connectivity index (χ2n) is 4.88. The van der Waals surface area contributed by atoms with E-state index in [-0.39, 0.29) is 11.7 Å². The number of hydrogen-bond donors (Lipinski definition) is 1. The Balaban J connectivity index is 2.04. The van der Waals surface area contributed by atoms with E-state index in [2.05, 4.69) is 0 Å². The molecular weight excluding hydrogens is 296 g/mol. The van der Waals surface area contributed by atoms with E-state index in [1.807, 2.05) is 12.1 Å². The van der Waals surface area contributed by atoms with E-state index in [9.17, 15) is 4.39 Å². The first-order valence-corrected chi connectivity index (χ1v) is 7.22. The van der Waals surface area contributed by atoms with Crippen molar-refractivity contribution in [3.63, 3.8) is 0 Å². The van der Waals surface area contributed by atoms with E-state index in [1.54, 1.807) is 18.2 Å². The van der Waals surface area contributed by atoms with Gasteiger partial charge in [0, 0.05) is 0 Å². The van der Waals surface area contributed by atoms with Crippen LogP contribution < -0.4 is 5.73 Å². The lowest BCUT2D eigenvalue weighted by Gasteiger charge is -2.15. The van der Waals surface area contributed by atoms with E-state index in [0.717, 1.165) is 24.0 Å². The lowest BCUT2D eigenvalue weighted by molar-refractivity contribution is 0.532. The molecular formula is C16H16Cl2FN. The van der Waals surface area contributed by atoms with E-state index in [4.69, 9.17) is 28.9 Å². The highest BCUT2D eigenvalue weighted by atomic mass is 35.5. The molecule has 20 heavy (non-hydrogen) atoms. The van der Waals surface area contributed by atoms with Crippen molar-refractivity contribution >= 4 is 23.2 Å². The molecule has 0 fully saturated rings. The maximum Gasteiger partial charge on any atom is 0.123 e. The molecule has 2 rings (SSSR count). The standard InChI is InChI=1S/C16H16Cl2FN/c17-15-6-3-12(9-16(15)18)8-13(10-20)7-11-1-4-14(19)5-2-11/h1-6,9,13H,7-8,10,20H2. The van der Waals surface area contributed by atoms with Crippen LogP contribution in [0.1, 0.15) is 11.1 Å². The molecule has 0 bridgehead atoms. The number of nitrogens with two attached hydrogens (primary N) is 1. The zero-order valence-corrected chi connectivity index (χ0v) is 12.5. The van der Waals surface area contributed by atoms with Crippen molar-refractivity contribution in [2.24, 2.45) is 11.7 Å². The Labute approximate surface area is 128 Å². The normalized spacial score (nSPS) is 12.4. The van der Waals surface area contributed by atoms with Crippen LogP contribution in [0.5, 0.6) is 0 Å². The quantitative estimate of drug-likeness (QED) is 0.865. The zero-order chi connectivity index (χ0) is 14.5. The molecule has 106 valence electrons. The maximum atomic E-state index is 12.9. The number of hydrogen-bond acceptors (Lipinski definition) is 1. The van der Waals surface area contributed by atoms with Crippen LogP contribution >= 0.6 is 23.2 Å².